The summed E-state index contributed by atoms with van der Waals surface area (Å²) in [6.07, 6.45) is 0. The summed E-state index contributed by atoms with van der Waals surface area (Å²) in [5.41, 5.74) is 7.60. The minimum atomic E-state index is -0.0965. The van der Waals surface area contributed by atoms with Crippen LogP contribution in [0.15, 0.2) is 24.3 Å². The molecule has 0 bridgehead atoms. The number of aromatic nitrogens is 4. The van der Waals surface area contributed by atoms with E-state index < -0.39 is 0 Å². The number of hydrogen-bond donors (Lipinski definition) is 1. The minimum absolute atomic E-state index is 0. The molecule has 1 unspecified atom stereocenters. The van der Waals surface area contributed by atoms with E-state index in [4.69, 9.17) is 5.73 Å². The molecule has 1 aromatic carbocycles. The molecule has 0 aliphatic rings. The van der Waals surface area contributed by atoms with Gasteiger partial charge in [-0.05, 0) is 19.1 Å². The van der Waals surface area contributed by atoms with Crippen LogP contribution in [-0.2, 0) is 11.3 Å². The molecule has 1 amide bonds. The maximum absolute atomic E-state index is 12.0. The number of carbonyl (C=O) groups excluding carboxylic acids is 1. The molecule has 0 aliphatic carbocycles. The highest BCUT2D eigenvalue weighted by atomic mass is 35.5. The lowest BCUT2D eigenvalue weighted by Crippen LogP contribution is -2.41. The van der Waals surface area contributed by atoms with Gasteiger partial charge in [-0.15, -0.1) is 22.6 Å². The van der Waals surface area contributed by atoms with Crippen molar-refractivity contribution in [3.05, 3.63) is 29.8 Å². The lowest BCUT2D eigenvalue weighted by atomic mass is 10.1. The van der Waals surface area contributed by atoms with Gasteiger partial charge in [0.1, 0.15) is 6.54 Å². The molecule has 1 heterocycles. The summed E-state index contributed by atoms with van der Waals surface area (Å²) in [4.78, 5) is 14.9. The lowest BCUT2D eigenvalue weighted by molar-refractivity contribution is -0.132. The van der Waals surface area contributed by atoms with Crippen LogP contribution in [0.1, 0.15) is 12.5 Å². The second-order valence-corrected chi connectivity index (χ2v) is 5.10. The number of tetrazole rings is 1. The van der Waals surface area contributed by atoms with Gasteiger partial charge in [0.15, 0.2) is 0 Å². The van der Waals surface area contributed by atoms with Crippen molar-refractivity contribution < 1.29 is 4.79 Å². The Morgan fingerprint density at radius 2 is 2.00 bits per heavy atom. The van der Waals surface area contributed by atoms with Gasteiger partial charge < -0.3 is 10.6 Å². The molecule has 22 heavy (non-hydrogen) atoms. The van der Waals surface area contributed by atoms with Gasteiger partial charge in [0, 0.05) is 25.2 Å². The Kier molecular flexibility index (Phi) is 6.45. The van der Waals surface area contributed by atoms with Gasteiger partial charge >= 0.3 is 0 Å². The van der Waals surface area contributed by atoms with Crippen molar-refractivity contribution in [3.63, 3.8) is 0 Å². The van der Waals surface area contributed by atoms with Crippen molar-refractivity contribution in [2.24, 2.45) is 5.73 Å². The molecule has 0 fully saturated rings. The molecular weight excluding hydrogens is 304 g/mol. The van der Waals surface area contributed by atoms with Gasteiger partial charge in [0.2, 0.25) is 11.7 Å². The van der Waals surface area contributed by atoms with E-state index in [-0.39, 0.29) is 30.9 Å². The van der Waals surface area contributed by atoms with E-state index in [1.165, 1.54) is 10.4 Å². The standard InChI is InChI=1S/C14H20N6O.ClH/c1-10-4-6-12(7-5-10)14-16-18-20(17-14)9-13(21)19(3)11(2)8-15;/h4-7,11H,8-9,15H2,1-3H3;1H. The molecule has 0 spiro atoms. The average molecular weight is 325 g/mol. The van der Waals surface area contributed by atoms with E-state index in [1.807, 2.05) is 38.1 Å². The molecule has 0 saturated carbocycles. The first-order chi connectivity index (χ1) is 10.0. The third-order valence-corrected chi connectivity index (χ3v) is 3.43. The lowest BCUT2D eigenvalue weighted by Gasteiger charge is -2.23. The van der Waals surface area contributed by atoms with Crippen LogP contribution in [0.2, 0.25) is 0 Å². The van der Waals surface area contributed by atoms with E-state index in [0.29, 0.717) is 12.4 Å². The Balaban J connectivity index is 0.00000242. The fourth-order valence-electron chi connectivity index (χ4n) is 1.76. The predicted octanol–water partition coefficient (Wildman–Crippen LogP) is 0.876. The van der Waals surface area contributed by atoms with E-state index in [1.54, 1.807) is 11.9 Å². The summed E-state index contributed by atoms with van der Waals surface area (Å²) in [5, 5.41) is 12.1. The van der Waals surface area contributed by atoms with Crippen molar-refractivity contribution in [2.75, 3.05) is 13.6 Å². The minimum Gasteiger partial charge on any atom is -0.340 e. The zero-order chi connectivity index (χ0) is 15.4. The molecule has 2 rings (SSSR count). The summed E-state index contributed by atoms with van der Waals surface area (Å²) in [6, 6.07) is 7.82. The van der Waals surface area contributed by atoms with Crippen LogP contribution < -0.4 is 5.73 Å². The van der Waals surface area contributed by atoms with E-state index in [2.05, 4.69) is 15.4 Å². The Hall–Kier alpha value is -1.99. The van der Waals surface area contributed by atoms with Gasteiger partial charge in [-0.2, -0.15) is 4.80 Å². The van der Waals surface area contributed by atoms with Crippen LogP contribution in [0.5, 0.6) is 0 Å². The van der Waals surface area contributed by atoms with Crippen LogP contribution in [0.25, 0.3) is 11.4 Å². The normalized spacial score (nSPS) is 11.6. The first-order valence-electron chi connectivity index (χ1n) is 6.82. The third-order valence-electron chi connectivity index (χ3n) is 3.43. The number of aryl methyl sites for hydroxylation is 1. The smallest absolute Gasteiger partial charge is 0.246 e. The molecule has 2 N–H and O–H groups in total. The largest absolute Gasteiger partial charge is 0.340 e. The first kappa shape index (κ1) is 18.1. The summed E-state index contributed by atoms with van der Waals surface area (Å²) in [6.45, 7) is 4.38. The van der Waals surface area contributed by atoms with Crippen LogP contribution in [0, 0.1) is 6.92 Å². The molecular formula is C14H21ClN6O. The van der Waals surface area contributed by atoms with E-state index >= 15 is 0 Å². The van der Waals surface area contributed by atoms with E-state index in [9.17, 15) is 4.79 Å². The Morgan fingerprint density at radius 1 is 1.36 bits per heavy atom. The predicted molar refractivity (Wildman–Crippen MR) is 86.5 cm³/mol. The van der Waals surface area contributed by atoms with Gasteiger partial charge in [-0.3, -0.25) is 4.79 Å². The molecule has 2 aromatic rings. The Morgan fingerprint density at radius 3 is 2.59 bits per heavy atom. The zero-order valence-electron chi connectivity index (χ0n) is 12.9. The summed E-state index contributed by atoms with van der Waals surface area (Å²) >= 11 is 0. The van der Waals surface area contributed by atoms with Crippen molar-refractivity contribution in [1.29, 1.82) is 0 Å². The summed E-state index contributed by atoms with van der Waals surface area (Å²) in [7, 11) is 1.72. The molecule has 0 saturated heterocycles. The summed E-state index contributed by atoms with van der Waals surface area (Å²) < 4.78 is 0. The van der Waals surface area contributed by atoms with E-state index in [0.717, 1.165) is 5.56 Å². The van der Waals surface area contributed by atoms with Crippen molar-refractivity contribution in [2.45, 2.75) is 26.4 Å². The maximum Gasteiger partial charge on any atom is 0.246 e. The number of amides is 1. The fraction of sp³-hybridized carbons (Fsp3) is 0.429. The second-order valence-electron chi connectivity index (χ2n) is 5.10. The third kappa shape index (κ3) is 4.25. The SMILES string of the molecule is Cc1ccc(-c2nnn(CC(=O)N(C)C(C)CN)n2)cc1.Cl. The molecule has 8 heteroatoms. The van der Waals surface area contributed by atoms with Crippen LogP contribution >= 0.6 is 12.4 Å². The number of hydrogen-bond acceptors (Lipinski definition) is 5. The number of likely N-dealkylation sites (N-methyl/N-ethyl adjacent to an activating group) is 1. The average Bonchev–Trinajstić information content (AvgIpc) is 2.94. The summed E-state index contributed by atoms with van der Waals surface area (Å²) in [5.74, 6) is 0.415. The van der Waals surface area contributed by atoms with Gasteiger partial charge in [0.05, 0.1) is 0 Å². The number of halogens is 1. The van der Waals surface area contributed by atoms with Gasteiger partial charge in [-0.1, -0.05) is 29.8 Å². The van der Waals surface area contributed by atoms with Gasteiger partial charge in [-0.25, -0.2) is 0 Å². The van der Waals surface area contributed by atoms with Crippen LogP contribution in [0.3, 0.4) is 0 Å². The zero-order valence-corrected chi connectivity index (χ0v) is 13.7. The molecule has 1 aromatic heterocycles. The molecule has 1 atom stereocenters. The van der Waals surface area contributed by atoms with Crippen molar-refractivity contribution in [1.82, 2.24) is 25.1 Å². The number of carbonyl (C=O) groups is 1. The number of nitrogens with two attached hydrogens (primary N) is 1. The number of rotatable bonds is 5. The molecule has 120 valence electrons. The maximum atomic E-state index is 12.0. The van der Waals surface area contributed by atoms with Crippen LogP contribution in [0.4, 0.5) is 0 Å². The topological polar surface area (TPSA) is 89.9 Å². The first-order valence-corrected chi connectivity index (χ1v) is 6.82. The highest BCUT2D eigenvalue weighted by Crippen LogP contribution is 2.13. The van der Waals surface area contributed by atoms with Gasteiger partial charge in [0.25, 0.3) is 0 Å². The second kappa shape index (κ2) is 7.86. The van der Waals surface area contributed by atoms with Crippen molar-refractivity contribution >= 4 is 18.3 Å². The molecule has 0 aliphatic heterocycles. The molecule has 0 radical (unpaired) electrons. The fourth-order valence-corrected chi connectivity index (χ4v) is 1.76. The highest BCUT2D eigenvalue weighted by Gasteiger charge is 2.16. The quantitative estimate of drug-likeness (QED) is 0.881. The number of nitrogens with zero attached hydrogens (tertiary/aromatic N) is 5. The number of benzene rings is 1. The van der Waals surface area contributed by atoms with Crippen molar-refractivity contribution in [3.8, 4) is 11.4 Å². The monoisotopic (exact) mass is 324 g/mol. The molecule has 7 nitrogen and oxygen atoms in total. The highest BCUT2D eigenvalue weighted by molar-refractivity contribution is 5.85. The Labute approximate surface area is 135 Å². The van der Waals surface area contributed by atoms with Crippen LogP contribution in [-0.4, -0.2) is 50.6 Å². The Bertz CT molecular complexity index is 612.